The van der Waals surface area contributed by atoms with Gasteiger partial charge in [0.2, 0.25) is 0 Å². The number of nitrogens with zero attached hydrogens (tertiary/aromatic N) is 1. The maximum absolute atomic E-state index is 12.9. The summed E-state index contributed by atoms with van der Waals surface area (Å²) in [6.07, 6.45) is 0. The molecule has 0 aliphatic heterocycles. The first-order chi connectivity index (χ1) is 10.1. The Morgan fingerprint density at radius 3 is 2.57 bits per heavy atom. The Kier molecular flexibility index (Phi) is 3.10. The summed E-state index contributed by atoms with van der Waals surface area (Å²) in [6, 6.07) is 13.0. The highest BCUT2D eigenvalue weighted by atomic mass is 19.1. The third-order valence-electron chi connectivity index (χ3n) is 3.44. The van der Waals surface area contributed by atoms with E-state index in [0.717, 1.165) is 10.9 Å². The Bertz CT molecular complexity index is 808. The fourth-order valence-corrected chi connectivity index (χ4v) is 2.26. The Balaban J connectivity index is 1.96. The van der Waals surface area contributed by atoms with Crippen molar-refractivity contribution in [2.24, 2.45) is 0 Å². The zero-order valence-electron chi connectivity index (χ0n) is 11.4. The van der Waals surface area contributed by atoms with Gasteiger partial charge in [0.25, 0.3) is 5.91 Å². The topological polar surface area (TPSA) is 62.1 Å². The van der Waals surface area contributed by atoms with Gasteiger partial charge >= 0.3 is 0 Å². The average molecular weight is 283 g/mol. The summed E-state index contributed by atoms with van der Waals surface area (Å²) < 4.78 is 12.9. The van der Waals surface area contributed by atoms with E-state index in [9.17, 15) is 9.18 Å². The highest BCUT2D eigenvalue weighted by Gasteiger charge is 2.16. The summed E-state index contributed by atoms with van der Waals surface area (Å²) in [4.78, 5) is 17.0. The first-order valence-corrected chi connectivity index (χ1v) is 6.47. The first kappa shape index (κ1) is 13.2. The van der Waals surface area contributed by atoms with Crippen LogP contribution in [0.5, 0.6) is 0 Å². The fraction of sp³-hybridized carbons (Fsp3) is 0.0625. The molecule has 0 radical (unpaired) electrons. The van der Waals surface area contributed by atoms with Crippen LogP contribution < -0.4 is 10.6 Å². The van der Waals surface area contributed by atoms with Crippen molar-refractivity contribution in [1.29, 1.82) is 0 Å². The standard InChI is InChI=1S/C16H14FN3O/c1-20(12-7-5-11(17)6-8-12)16(21)14-9-10-3-2-4-13(18)15(10)19-14/h2-9,19H,18H2,1H3. The van der Waals surface area contributed by atoms with Gasteiger partial charge in [-0.05, 0) is 36.4 Å². The minimum atomic E-state index is -0.335. The summed E-state index contributed by atoms with van der Waals surface area (Å²) in [7, 11) is 1.64. The van der Waals surface area contributed by atoms with E-state index >= 15 is 0 Å². The molecule has 3 aromatic rings. The van der Waals surface area contributed by atoms with E-state index < -0.39 is 0 Å². The number of para-hydroxylation sites is 1. The molecule has 0 bridgehead atoms. The maximum atomic E-state index is 12.9. The van der Waals surface area contributed by atoms with E-state index in [-0.39, 0.29) is 11.7 Å². The Hall–Kier alpha value is -2.82. The summed E-state index contributed by atoms with van der Waals surface area (Å²) in [6.45, 7) is 0. The van der Waals surface area contributed by atoms with E-state index in [1.807, 2.05) is 12.1 Å². The van der Waals surface area contributed by atoms with Gasteiger partial charge in [-0.3, -0.25) is 4.79 Å². The molecule has 0 fully saturated rings. The van der Waals surface area contributed by atoms with Gasteiger partial charge in [0.15, 0.2) is 0 Å². The Morgan fingerprint density at radius 1 is 1.19 bits per heavy atom. The molecular weight excluding hydrogens is 269 g/mol. The van der Waals surface area contributed by atoms with Gasteiger partial charge in [0, 0.05) is 18.1 Å². The van der Waals surface area contributed by atoms with Crippen LogP contribution in [0.25, 0.3) is 10.9 Å². The van der Waals surface area contributed by atoms with Crippen molar-refractivity contribution in [1.82, 2.24) is 4.98 Å². The molecule has 4 nitrogen and oxygen atoms in total. The van der Waals surface area contributed by atoms with E-state index in [4.69, 9.17) is 5.73 Å². The number of anilines is 2. The second-order valence-corrected chi connectivity index (χ2v) is 4.84. The van der Waals surface area contributed by atoms with E-state index in [0.29, 0.717) is 17.1 Å². The van der Waals surface area contributed by atoms with Crippen molar-refractivity contribution in [2.75, 3.05) is 17.7 Å². The van der Waals surface area contributed by atoms with Gasteiger partial charge < -0.3 is 15.6 Å². The summed E-state index contributed by atoms with van der Waals surface area (Å²) in [5, 5.41) is 0.880. The van der Waals surface area contributed by atoms with E-state index in [1.54, 1.807) is 31.3 Å². The lowest BCUT2D eigenvalue weighted by Gasteiger charge is -2.16. The molecule has 3 N–H and O–H groups in total. The SMILES string of the molecule is CN(C(=O)c1cc2cccc(N)c2[nH]1)c1ccc(F)cc1. The molecule has 0 saturated carbocycles. The lowest BCUT2D eigenvalue weighted by Crippen LogP contribution is -2.26. The lowest BCUT2D eigenvalue weighted by molar-refractivity contribution is 0.0989. The highest BCUT2D eigenvalue weighted by molar-refractivity contribution is 6.08. The van der Waals surface area contributed by atoms with Crippen molar-refractivity contribution in [3.8, 4) is 0 Å². The quantitative estimate of drug-likeness (QED) is 0.710. The number of aromatic amines is 1. The molecule has 21 heavy (non-hydrogen) atoms. The number of fused-ring (bicyclic) bond motifs is 1. The van der Waals surface area contributed by atoms with Gasteiger partial charge in [-0.2, -0.15) is 0 Å². The van der Waals surface area contributed by atoms with Gasteiger partial charge in [0.05, 0.1) is 11.2 Å². The van der Waals surface area contributed by atoms with Crippen molar-refractivity contribution in [2.45, 2.75) is 0 Å². The maximum Gasteiger partial charge on any atom is 0.274 e. The van der Waals surface area contributed by atoms with Crippen LogP contribution in [0.1, 0.15) is 10.5 Å². The summed E-state index contributed by atoms with van der Waals surface area (Å²) in [5.74, 6) is -0.546. The van der Waals surface area contributed by atoms with E-state index in [1.165, 1.54) is 17.0 Å². The zero-order valence-corrected chi connectivity index (χ0v) is 11.4. The molecule has 1 amide bonds. The molecule has 106 valence electrons. The van der Waals surface area contributed by atoms with Crippen molar-refractivity contribution in [3.05, 3.63) is 60.0 Å². The zero-order chi connectivity index (χ0) is 15.0. The molecule has 0 aliphatic carbocycles. The molecule has 0 spiro atoms. The van der Waals surface area contributed by atoms with E-state index in [2.05, 4.69) is 4.98 Å². The largest absolute Gasteiger partial charge is 0.397 e. The molecule has 1 heterocycles. The number of benzene rings is 2. The predicted octanol–water partition coefficient (Wildman–Crippen LogP) is 3.17. The molecule has 3 rings (SSSR count). The van der Waals surface area contributed by atoms with Crippen LogP contribution in [0.3, 0.4) is 0 Å². The van der Waals surface area contributed by atoms with Gasteiger partial charge in [0.1, 0.15) is 11.5 Å². The molecule has 5 heteroatoms. The number of H-pyrrole nitrogens is 1. The predicted molar refractivity (Wildman–Crippen MR) is 81.8 cm³/mol. The number of carbonyl (C=O) groups is 1. The number of amides is 1. The number of nitrogen functional groups attached to an aromatic ring is 1. The minimum absolute atomic E-state index is 0.211. The van der Waals surface area contributed by atoms with Crippen LogP contribution in [0.4, 0.5) is 15.8 Å². The minimum Gasteiger partial charge on any atom is -0.397 e. The molecule has 0 aliphatic rings. The lowest BCUT2D eigenvalue weighted by atomic mass is 10.2. The monoisotopic (exact) mass is 283 g/mol. The smallest absolute Gasteiger partial charge is 0.274 e. The van der Waals surface area contributed by atoms with Crippen LogP contribution in [-0.4, -0.2) is 17.9 Å². The van der Waals surface area contributed by atoms with Crippen LogP contribution in [0.2, 0.25) is 0 Å². The van der Waals surface area contributed by atoms with Crippen LogP contribution in [0.15, 0.2) is 48.5 Å². The third kappa shape index (κ3) is 2.33. The van der Waals surface area contributed by atoms with Crippen LogP contribution >= 0.6 is 0 Å². The number of nitrogens with one attached hydrogen (secondary N) is 1. The number of hydrogen-bond acceptors (Lipinski definition) is 2. The molecule has 2 aromatic carbocycles. The number of rotatable bonds is 2. The molecule has 1 aromatic heterocycles. The third-order valence-corrected chi connectivity index (χ3v) is 3.44. The molecule has 0 atom stereocenters. The van der Waals surface area contributed by atoms with Crippen molar-refractivity contribution >= 4 is 28.2 Å². The van der Waals surface area contributed by atoms with Crippen LogP contribution in [-0.2, 0) is 0 Å². The van der Waals surface area contributed by atoms with Gasteiger partial charge in [-0.25, -0.2) is 4.39 Å². The van der Waals surface area contributed by atoms with Crippen LogP contribution in [0, 0.1) is 5.82 Å². The molecule has 0 saturated heterocycles. The number of halogens is 1. The molecule has 0 unspecified atom stereocenters. The van der Waals surface area contributed by atoms with Crippen molar-refractivity contribution in [3.63, 3.8) is 0 Å². The fourth-order valence-electron chi connectivity index (χ4n) is 2.26. The number of aromatic nitrogens is 1. The average Bonchev–Trinajstić information content (AvgIpc) is 2.92. The second kappa shape index (κ2) is 4.94. The molecular formula is C16H14FN3O. The second-order valence-electron chi connectivity index (χ2n) is 4.84. The Labute approximate surface area is 121 Å². The highest BCUT2D eigenvalue weighted by Crippen LogP contribution is 2.23. The first-order valence-electron chi connectivity index (χ1n) is 6.47. The number of nitrogens with two attached hydrogens (primary N) is 1. The Morgan fingerprint density at radius 2 is 1.90 bits per heavy atom. The number of hydrogen-bond donors (Lipinski definition) is 2. The summed E-state index contributed by atoms with van der Waals surface area (Å²) >= 11 is 0. The normalized spacial score (nSPS) is 10.8. The number of carbonyl (C=O) groups excluding carboxylic acids is 1. The van der Waals surface area contributed by atoms with Gasteiger partial charge in [-0.15, -0.1) is 0 Å². The van der Waals surface area contributed by atoms with Gasteiger partial charge in [-0.1, -0.05) is 12.1 Å². The van der Waals surface area contributed by atoms with Crippen molar-refractivity contribution < 1.29 is 9.18 Å². The summed E-state index contributed by atoms with van der Waals surface area (Å²) in [5.41, 5.74) is 8.27.